The third-order valence-corrected chi connectivity index (χ3v) is 7.28. The molecule has 5 aromatic rings. The van der Waals surface area contributed by atoms with Gasteiger partial charge >= 0.3 is 0 Å². The minimum Gasteiger partial charge on any atom is -0.361 e. The lowest BCUT2D eigenvalue weighted by atomic mass is 10.1. The lowest BCUT2D eigenvalue weighted by molar-refractivity contribution is -0.114. The second-order valence-electron chi connectivity index (χ2n) is 9.35. The summed E-state index contributed by atoms with van der Waals surface area (Å²) in [7, 11) is 0. The third kappa shape index (κ3) is 7.32. The average molecular weight is 561 g/mol. The molecular weight excluding hydrogens is 532 g/mol. The van der Waals surface area contributed by atoms with Crippen LogP contribution >= 0.6 is 11.8 Å². The van der Waals surface area contributed by atoms with E-state index in [9.17, 15) is 14.4 Å². The highest BCUT2D eigenvalue weighted by Gasteiger charge is 2.16. The Morgan fingerprint density at radius 1 is 0.780 bits per heavy atom. The highest BCUT2D eigenvalue weighted by molar-refractivity contribution is 8.00. The van der Waals surface area contributed by atoms with E-state index in [-0.39, 0.29) is 23.3 Å². The molecule has 0 saturated carbocycles. The molecule has 4 N–H and O–H groups in total. The molecule has 0 atom stereocenters. The number of aromatic nitrogens is 1. The van der Waals surface area contributed by atoms with Crippen molar-refractivity contribution < 1.29 is 14.4 Å². The van der Waals surface area contributed by atoms with E-state index in [2.05, 4.69) is 20.9 Å². The first-order valence-electron chi connectivity index (χ1n) is 13.0. The highest BCUT2D eigenvalue weighted by Crippen LogP contribution is 2.23. The normalized spacial score (nSPS) is 11.2. The molecule has 0 aliphatic rings. The number of hydrogen-bond acceptors (Lipinski definition) is 4. The zero-order valence-corrected chi connectivity index (χ0v) is 23.1. The van der Waals surface area contributed by atoms with Gasteiger partial charge in [-0.05, 0) is 67.6 Å². The Hall–Kier alpha value is -5.08. The molecule has 0 spiro atoms. The minimum atomic E-state index is -0.461. The minimum absolute atomic E-state index is 0.0996. The first kappa shape index (κ1) is 27.5. The van der Waals surface area contributed by atoms with Crippen LogP contribution in [-0.2, 0) is 9.59 Å². The number of thioether (sulfide) groups is 1. The molecule has 0 saturated heterocycles. The number of para-hydroxylation sites is 1. The summed E-state index contributed by atoms with van der Waals surface area (Å²) in [5, 5.41) is 9.46. The number of nitrogens with one attached hydrogen (secondary N) is 4. The number of carbonyl (C=O) groups excluding carboxylic acids is 3. The Bertz CT molecular complexity index is 1710. The Morgan fingerprint density at radius 3 is 2.20 bits per heavy atom. The molecule has 0 fully saturated rings. The van der Waals surface area contributed by atoms with Crippen LogP contribution in [0.5, 0.6) is 0 Å². The largest absolute Gasteiger partial charge is 0.361 e. The summed E-state index contributed by atoms with van der Waals surface area (Å²) >= 11 is 1.40. The van der Waals surface area contributed by atoms with E-state index < -0.39 is 5.91 Å². The van der Waals surface area contributed by atoms with E-state index in [1.165, 1.54) is 11.8 Å². The van der Waals surface area contributed by atoms with Crippen molar-refractivity contribution in [3.05, 3.63) is 132 Å². The molecule has 4 aromatic carbocycles. The summed E-state index contributed by atoms with van der Waals surface area (Å²) < 4.78 is 0. The Balaban J connectivity index is 1.26. The highest BCUT2D eigenvalue weighted by atomic mass is 32.2. The molecule has 204 valence electrons. The van der Waals surface area contributed by atoms with Gasteiger partial charge in [-0.25, -0.2) is 0 Å². The molecule has 0 unspecified atom stereocenters. The fraction of sp³-hybridized carbons (Fsp3) is 0.0606. The maximum atomic E-state index is 13.4. The van der Waals surface area contributed by atoms with Crippen LogP contribution < -0.4 is 16.0 Å². The van der Waals surface area contributed by atoms with E-state index in [1.54, 1.807) is 48.7 Å². The van der Waals surface area contributed by atoms with Gasteiger partial charge in [-0.1, -0.05) is 54.1 Å². The third-order valence-electron chi connectivity index (χ3n) is 6.27. The van der Waals surface area contributed by atoms with Gasteiger partial charge in [0.1, 0.15) is 5.70 Å². The van der Waals surface area contributed by atoms with Gasteiger partial charge in [0.15, 0.2) is 0 Å². The molecule has 1 heterocycles. The van der Waals surface area contributed by atoms with E-state index in [0.717, 1.165) is 32.6 Å². The molecule has 8 heteroatoms. The van der Waals surface area contributed by atoms with Crippen molar-refractivity contribution in [3.63, 3.8) is 0 Å². The lowest BCUT2D eigenvalue weighted by Crippen LogP contribution is -2.30. The van der Waals surface area contributed by atoms with E-state index in [0.29, 0.717) is 11.3 Å². The van der Waals surface area contributed by atoms with Crippen molar-refractivity contribution in [2.45, 2.75) is 11.8 Å². The molecule has 0 bridgehead atoms. The number of benzene rings is 4. The SMILES string of the molecule is Cc1ccc(NC(=O)CSc2ccc(NC(=O)/C(=C/c3c[nH]c4ccccc34)NC(=O)c3ccccc3)cc2)cc1. The molecule has 0 aliphatic heterocycles. The molecule has 3 amide bonds. The number of amides is 3. The molecule has 41 heavy (non-hydrogen) atoms. The van der Waals surface area contributed by atoms with Gasteiger partial charge < -0.3 is 20.9 Å². The summed E-state index contributed by atoms with van der Waals surface area (Å²) in [6.07, 6.45) is 3.46. The van der Waals surface area contributed by atoms with Crippen molar-refractivity contribution in [3.8, 4) is 0 Å². The van der Waals surface area contributed by atoms with Gasteiger partial charge in [-0.2, -0.15) is 0 Å². The van der Waals surface area contributed by atoms with Crippen LogP contribution in [0, 0.1) is 6.92 Å². The summed E-state index contributed by atoms with van der Waals surface area (Å²) in [6.45, 7) is 2.00. The van der Waals surface area contributed by atoms with E-state index >= 15 is 0 Å². The summed E-state index contributed by atoms with van der Waals surface area (Å²) in [4.78, 5) is 42.7. The standard InChI is InChI=1S/C33H28N4O3S/c1-22-11-13-25(14-12-22)35-31(38)21-41-27-17-15-26(16-18-27)36-33(40)30(37-32(39)23-7-3-2-4-8-23)19-24-20-34-29-10-6-5-9-28(24)29/h2-20,34H,21H2,1H3,(H,35,38)(H,36,40)(H,37,39)/b30-19-. The van der Waals surface area contributed by atoms with Gasteiger partial charge in [-0.3, -0.25) is 14.4 Å². The predicted octanol–water partition coefficient (Wildman–Crippen LogP) is 6.62. The monoisotopic (exact) mass is 560 g/mol. The van der Waals surface area contributed by atoms with Crippen LogP contribution in [0.4, 0.5) is 11.4 Å². The van der Waals surface area contributed by atoms with Crippen molar-refractivity contribution in [2.75, 3.05) is 16.4 Å². The van der Waals surface area contributed by atoms with Gasteiger partial charge in [0.25, 0.3) is 11.8 Å². The van der Waals surface area contributed by atoms with Crippen LogP contribution in [0.3, 0.4) is 0 Å². The number of hydrogen-bond donors (Lipinski definition) is 4. The second-order valence-corrected chi connectivity index (χ2v) is 10.4. The lowest BCUT2D eigenvalue weighted by Gasteiger charge is -2.12. The van der Waals surface area contributed by atoms with Gasteiger partial charge in [0.2, 0.25) is 5.91 Å². The topological polar surface area (TPSA) is 103 Å². The van der Waals surface area contributed by atoms with Crippen LogP contribution in [-0.4, -0.2) is 28.5 Å². The van der Waals surface area contributed by atoms with Crippen molar-refractivity contribution in [2.24, 2.45) is 0 Å². The zero-order chi connectivity index (χ0) is 28.6. The first-order chi connectivity index (χ1) is 19.9. The number of fused-ring (bicyclic) bond motifs is 1. The number of anilines is 2. The quantitative estimate of drug-likeness (QED) is 0.120. The summed E-state index contributed by atoms with van der Waals surface area (Å²) in [5.41, 5.74) is 4.69. The molecule has 0 aliphatic carbocycles. The fourth-order valence-corrected chi connectivity index (χ4v) is 4.83. The van der Waals surface area contributed by atoms with Crippen LogP contribution in [0.15, 0.2) is 120 Å². The number of aromatic amines is 1. The number of H-pyrrole nitrogens is 1. The fourth-order valence-electron chi connectivity index (χ4n) is 4.13. The molecular formula is C33H28N4O3S. The number of aryl methyl sites for hydroxylation is 1. The van der Waals surface area contributed by atoms with Gasteiger partial charge in [0.05, 0.1) is 5.75 Å². The number of rotatable bonds is 9. The molecule has 0 radical (unpaired) electrons. The van der Waals surface area contributed by atoms with E-state index in [1.807, 2.05) is 73.7 Å². The Morgan fingerprint density at radius 2 is 1.44 bits per heavy atom. The maximum Gasteiger partial charge on any atom is 0.272 e. The first-order valence-corrected chi connectivity index (χ1v) is 14.0. The summed E-state index contributed by atoms with van der Waals surface area (Å²) in [5.74, 6) is -0.694. The van der Waals surface area contributed by atoms with Crippen molar-refractivity contribution >= 4 is 57.8 Å². The predicted molar refractivity (Wildman–Crippen MR) is 166 cm³/mol. The average Bonchev–Trinajstić information content (AvgIpc) is 3.40. The summed E-state index contributed by atoms with van der Waals surface area (Å²) in [6, 6.07) is 31.3. The van der Waals surface area contributed by atoms with Crippen LogP contribution in [0.2, 0.25) is 0 Å². The molecule has 1 aromatic heterocycles. The molecule has 7 nitrogen and oxygen atoms in total. The Kier molecular flexibility index (Phi) is 8.61. The van der Waals surface area contributed by atoms with E-state index in [4.69, 9.17) is 0 Å². The zero-order valence-electron chi connectivity index (χ0n) is 22.3. The van der Waals surface area contributed by atoms with Crippen molar-refractivity contribution in [1.82, 2.24) is 10.3 Å². The number of carbonyl (C=O) groups is 3. The second kappa shape index (κ2) is 12.8. The Labute approximate surface area is 242 Å². The van der Waals surface area contributed by atoms with Gasteiger partial charge in [0, 0.05) is 44.5 Å². The smallest absolute Gasteiger partial charge is 0.272 e. The molecule has 5 rings (SSSR count). The van der Waals surface area contributed by atoms with Crippen LogP contribution in [0.1, 0.15) is 21.5 Å². The van der Waals surface area contributed by atoms with Crippen LogP contribution in [0.25, 0.3) is 17.0 Å². The van der Waals surface area contributed by atoms with Gasteiger partial charge in [-0.15, -0.1) is 11.8 Å². The maximum absolute atomic E-state index is 13.4. The van der Waals surface area contributed by atoms with Crippen molar-refractivity contribution in [1.29, 1.82) is 0 Å².